The summed E-state index contributed by atoms with van der Waals surface area (Å²) >= 11 is 0. The van der Waals surface area contributed by atoms with Gasteiger partial charge in [0.1, 0.15) is 5.69 Å². The molecule has 0 bridgehead atoms. The van der Waals surface area contributed by atoms with Gasteiger partial charge in [-0.1, -0.05) is 0 Å². The zero-order valence-electron chi connectivity index (χ0n) is 9.62. The molecule has 1 rings (SSSR count). The molecule has 0 spiro atoms. The summed E-state index contributed by atoms with van der Waals surface area (Å²) in [4.78, 5) is 31.7. The zero-order chi connectivity index (χ0) is 14.4. The van der Waals surface area contributed by atoms with Gasteiger partial charge in [0.25, 0.3) is 5.69 Å². The summed E-state index contributed by atoms with van der Waals surface area (Å²) in [5, 5.41) is 30.1. The largest absolute Gasteiger partial charge is 0.481 e. The fourth-order valence-electron chi connectivity index (χ4n) is 1.29. The van der Waals surface area contributed by atoms with Crippen molar-refractivity contribution in [2.75, 3.05) is 5.32 Å². The average molecular weight is 263 g/mol. The number of aliphatic carboxylic acids is 1. The third-order valence-corrected chi connectivity index (χ3v) is 2.16. The van der Waals surface area contributed by atoms with E-state index in [1.165, 1.54) is 12.1 Å². The maximum Gasteiger partial charge on any atom is 0.303 e. The third-order valence-electron chi connectivity index (χ3n) is 2.16. The smallest absolute Gasteiger partial charge is 0.303 e. The van der Waals surface area contributed by atoms with Gasteiger partial charge in [-0.2, -0.15) is 5.26 Å². The second kappa shape index (κ2) is 6.11. The molecule has 8 heteroatoms. The van der Waals surface area contributed by atoms with E-state index in [-0.39, 0.29) is 24.1 Å². The van der Waals surface area contributed by atoms with E-state index in [4.69, 9.17) is 10.4 Å². The van der Waals surface area contributed by atoms with Crippen LogP contribution in [-0.4, -0.2) is 21.9 Å². The van der Waals surface area contributed by atoms with Crippen LogP contribution in [0.15, 0.2) is 18.2 Å². The number of nitro benzene ring substituents is 1. The van der Waals surface area contributed by atoms with Gasteiger partial charge in [0, 0.05) is 12.5 Å². The lowest BCUT2D eigenvalue weighted by atomic mass is 10.2. The van der Waals surface area contributed by atoms with Gasteiger partial charge in [-0.3, -0.25) is 19.7 Å². The van der Waals surface area contributed by atoms with Crippen LogP contribution in [0.3, 0.4) is 0 Å². The molecule has 0 saturated carbocycles. The van der Waals surface area contributed by atoms with Gasteiger partial charge in [-0.05, 0) is 12.1 Å². The normalized spacial score (nSPS) is 9.42. The molecule has 98 valence electrons. The van der Waals surface area contributed by atoms with Gasteiger partial charge < -0.3 is 10.4 Å². The van der Waals surface area contributed by atoms with Crippen molar-refractivity contribution in [1.82, 2.24) is 0 Å². The first kappa shape index (κ1) is 14.1. The minimum absolute atomic E-state index is 0.0700. The lowest BCUT2D eigenvalue weighted by Gasteiger charge is -2.05. The second-order valence-corrected chi connectivity index (χ2v) is 3.54. The first-order chi connectivity index (χ1) is 8.93. The van der Waals surface area contributed by atoms with E-state index in [1.54, 1.807) is 6.07 Å². The van der Waals surface area contributed by atoms with Crippen LogP contribution < -0.4 is 5.32 Å². The molecule has 0 aromatic heterocycles. The summed E-state index contributed by atoms with van der Waals surface area (Å²) in [6.07, 6.45) is -0.650. The van der Waals surface area contributed by atoms with E-state index in [9.17, 15) is 19.7 Å². The predicted octanol–water partition coefficient (Wildman–Crippen LogP) is 1.27. The van der Waals surface area contributed by atoms with Crippen LogP contribution in [-0.2, 0) is 9.59 Å². The van der Waals surface area contributed by atoms with Crippen molar-refractivity contribution in [1.29, 1.82) is 5.26 Å². The standard InChI is InChI=1S/C11H9N3O5/c12-6-7-1-2-8(9(5-7)14(18)19)13-10(15)3-4-11(16)17/h1-2,5H,3-4H2,(H,13,15)(H,16,17). The fraction of sp³-hybridized carbons (Fsp3) is 0.182. The van der Waals surface area contributed by atoms with Crippen LogP contribution in [0.25, 0.3) is 0 Å². The lowest BCUT2D eigenvalue weighted by molar-refractivity contribution is -0.383. The van der Waals surface area contributed by atoms with Crippen LogP contribution in [0.1, 0.15) is 18.4 Å². The maximum atomic E-state index is 11.4. The van der Waals surface area contributed by atoms with E-state index >= 15 is 0 Å². The summed E-state index contributed by atoms with van der Waals surface area (Å²) in [6.45, 7) is 0. The number of nitro groups is 1. The Bertz CT molecular complexity index is 576. The second-order valence-electron chi connectivity index (χ2n) is 3.54. The maximum absolute atomic E-state index is 11.4. The van der Waals surface area contributed by atoms with Gasteiger partial charge >= 0.3 is 5.97 Å². The highest BCUT2D eigenvalue weighted by Crippen LogP contribution is 2.25. The molecule has 1 aromatic rings. The van der Waals surface area contributed by atoms with E-state index < -0.39 is 22.5 Å². The molecule has 0 radical (unpaired) electrons. The Balaban J connectivity index is 2.89. The molecule has 2 N–H and O–H groups in total. The number of rotatable bonds is 5. The summed E-state index contributed by atoms with van der Waals surface area (Å²) in [7, 11) is 0. The molecule has 0 aliphatic carbocycles. The Morgan fingerprint density at radius 3 is 2.63 bits per heavy atom. The number of carboxylic acid groups (broad SMARTS) is 1. The highest BCUT2D eigenvalue weighted by atomic mass is 16.6. The van der Waals surface area contributed by atoms with Crippen LogP contribution in [0.4, 0.5) is 11.4 Å². The van der Waals surface area contributed by atoms with Crippen LogP contribution in [0, 0.1) is 21.4 Å². The van der Waals surface area contributed by atoms with Crippen LogP contribution >= 0.6 is 0 Å². The Kier molecular flexibility index (Phi) is 4.54. The molecule has 0 unspecified atom stereocenters. The number of hydrogen-bond acceptors (Lipinski definition) is 5. The Hall–Kier alpha value is -2.95. The van der Waals surface area contributed by atoms with Crippen molar-refractivity contribution in [2.45, 2.75) is 12.8 Å². The third kappa shape index (κ3) is 4.08. The molecule has 0 heterocycles. The van der Waals surface area contributed by atoms with Gasteiger partial charge in [0.15, 0.2) is 0 Å². The highest BCUT2D eigenvalue weighted by Gasteiger charge is 2.17. The van der Waals surface area contributed by atoms with Crippen molar-refractivity contribution < 1.29 is 19.6 Å². The Morgan fingerprint density at radius 1 is 1.42 bits per heavy atom. The number of nitrogens with one attached hydrogen (secondary N) is 1. The number of amides is 1. The molecular formula is C11H9N3O5. The number of nitrogens with zero attached hydrogens (tertiary/aromatic N) is 2. The first-order valence-corrected chi connectivity index (χ1v) is 5.14. The van der Waals surface area contributed by atoms with Crippen molar-refractivity contribution in [3.63, 3.8) is 0 Å². The monoisotopic (exact) mass is 263 g/mol. The molecule has 19 heavy (non-hydrogen) atoms. The quantitative estimate of drug-likeness (QED) is 0.606. The lowest BCUT2D eigenvalue weighted by Crippen LogP contribution is -2.14. The topological polar surface area (TPSA) is 133 Å². The van der Waals surface area contributed by atoms with E-state index in [1.807, 2.05) is 0 Å². The molecule has 0 aliphatic rings. The van der Waals surface area contributed by atoms with Crippen molar-refractivity contribution in [3.8, 4) is 6.07 Å². The molecule has 0 saturated heterocycles. The average Bonchev–Trinajstić information content (AvgIpc) is 2.36. The van der Waals surface area contributed by atoms with Crippen molar-refractivity contribution in [2.24, 2.45) is 0 Å². The van der Waals surface area contributed by atoms with Crippen molar-refractivity contribution in [3.05, 3.63) is 33.9 Å². The van der Waals surface area contributed by atoms with Crippen molar-refractivity contribution >= 4 is 23.3 Å². The number of hydrogen-bond donors (Lipinski definition) is 2. The van der Waals surface area contributed by atoms with Crippen LogP contribution in [0.2, 0.25) is 0 Å². The van der Waals surface area contributed by atoms with Gasteiger partial charge in [0.05, 0.1) is 23.0 Å². The first-order valence-electron chi connectivity index (χ1n) is 5.14. The van der Waals surface area contributed by atoms with E-state index in [2.05, 4.69) is 5.32 Å². The van der Waals surface area contributed by atoms with Gasteiger partial charge in [0.2, 0.25) is 5.91 Å². The molecule has 0 atom stereocenters. The van der Waals surface area contributed by atoms with E-state index in [0.717, 1.165) is 6.07 Å². The summed E-state index contributed by atoms with van der Waals surface area (Å²) in [6, 6.07) is 5.33. The van der Waals surface area contributed by atoms with Crippen LogP contribution in [0.5, 0.6) is 0 Å². The number of benzene rings is 1. The number of nitriles is 1. The molecule has 0 fully saturated rings. The molecule has 1 aromatic carbocycles. The number of carbonyl (C=O) groups is 2. The van der Waals surface area contributed by atoms with E-state index in [0.29, 0.717) is 0 Å². The Labute approximate surface area is 107 Å². The molecule has 8 nitrogen and oxygen atoms in total. The minimum atomic E-state index is -1.13. The minimum Gasteiger partial charge on any atom is -0.481 e. The fourth-order valence-corrected chi connectivity index (χ4v) is 1.29. The van der Waals surface area contributed by atoms with Gasteiger partial charge in [-0.15, -0.1) is 0 Å². The summed E-state index contributed by atoms with van der Waals surface area (Å²) < 4.78 is 0. The highest BCUT2D eigenvalue weighted by molar-refractivity contribution is 5.94. The molecule has 0 aliphatic heterocycles. The summed E-state index contributed by atoms with van der Waals surface area (Å²) in [5.74, 6) is -1.78. The SMILES string of the molecule is N#Cc1ccc(NC(=O)CCC(=O)O)c([N+](=O)[O-])c1. The zero-order valence-corrected chi connectivity index (χ0v) is 9.62. The number of carbonyl (C=O) groups excluding carboxylic acids is 1. The predicted molar refractivity (Wildman–Crippen MR) is 63.3 cm³/mol. The molecular weight excluding hydrogens is 254 g/mol. The van der Waals surface area contributed by atoms with Gasteiger partial charge in [-0.25, -0.2) is 0 Å². The summed E-state index contributed by atoms with van der Waals surface area (Å²) in [5.41, 5.74) is -0.391. The number of carboxylic acids is 1. The number of anilines is 1. The molecule has 1 amide bonds. The Morgan fingerprint density at radius 2 is 2.11 bits per heavy atom.